The van der Waals surface area contributed by atoms with Crippen molar-refractivity contribution in [1.29, 1.82) is 5.26 Å². The predicted octanol–water partition coefficient (Wildman–Crippen LogP) is 2.27. The van der Waals surface area contributed by atoms with E-state index in [1.54, 1.807) is 18.3 Å². The molecule has 0 saturated carbocycles. The van der Waals surface area contributed by atoms with Crippen LogP contribution in [0.4, 0.5) is 0 Å². The summed E-state index contributed by atoms with van der Waals surface area (Å²) in [6, 6.07) is 3.86. The average Bonchev–Trinajstić information content (AvgIpc) is 2.63. The van der Waals surface area contributed by atoms with Gasteiger partial charge in [-0.05, 0) is 46.9 Å². The number of nitrogens with zero attached hydrogens (tertiary/aromatic N) is 2. The minimum atomic E-state index is -0.241. The first kappa shape index (κ1) is 14.9. The molecule has 0 aliphatic rings. The first-order valence-electron chi connectivity index (χ1n) is 5.25. The second-order valence-corrected chi connectivity index (χ2v) is 6.31. The highest BCUT2D eigenvalue weighted by atomic mass is 79.9. The summed E-state index contributed by atoms with van der Waals surface area (Å²) in [5.74, 6) is -0.241. The molecule has 0 unspecified atom stereocenters. The van der Waals surface area contributed by atoms with Crippen LogP contribution in [0.5, 0.6) is 0 Å². The topological polar surface area (TPSA) is 70.1 Å². The molecule has 0 aromatic carbocycles. The Morgan fingerprint density at radius 3 is 2.78 bits per heavy atom. The van der Waals surface area contributed by atoms with Gasteiger partial charge in [-0.15, -0.1) is 11.3 Å². The Morgan fingerprint density at radius 1 is 1.67 bits per heavy atom. The summed E-state index contributed by atoms with van der Waals surface area (Å²) >= 11 is 5.00. The summed E-state index contributed by atoms with van der Waals surface area (Å²) in [6.45, 7) is 2.41. The number of ketones is 1. The third-order valence-electron chi connectivity index (χ3n) is 2.27. The monoisotopic (exact) mass is 327 g/mol. The van der Waals surface area contributed by atoms with Gasteiger partial charge in [0, 0.05) is 12.2 Å². The summed E-state index contributed by atoms with van der Waals surface area (Å²) in [5.41, 5.74) is 6.95. The Bertz CT molecular complexity index is 512. The highest BCUT2D eigenvalue weighted by Gasteiger charge is 2.14. The lowest BCUT2D eigenvalue weighted by Gasteiger charge is -2.14. The Kier molecular flexibility index (Phi) is 5.54. The fourth-order valence-corrected chi connectivity index (χ4v) is 2.69. The Labute approximate surface area is 119 Å². The summed E-state index contributed by atoms with van der Waals surface area (Å²) in [4.78, 5) is 13.7. The van der Waals surface area contributed by atoms with Crippen molar-refractivity contribution in [2.45, 2.75) is 13.5 Å². The molecule has 0 aliphatic carbocycles. The van der Waals surface area contributed by atoms with Gasteiger partial charge >= 0.3 is 0 Å². The molecule has 1 rings (SSSR count). The molecule has 96 valence electrons. The summed E-state index contributed by atoms with van der Waals surface area (Å²) in [6.07, 6.45) is 0. The Hall–Kier alpha value is -1.16. The molecule has 0 spiro atoms. The molecule has 0 saturated heterocycles. The number of allylic oxidation sites excluding steroid dienone is 1. The van der Waals surface area contributed by atoms with Crippen molar-refractivity contribution < 1.29 is 4.79 Å². The SMILES string of the molecule is CC(N)=C(C#N)C(=O)CN(C)Cc1csc(Br)c1. The van der Waals surface area contributed by atoms with Gasteiger partial charge in [-0.25, -0.2) is 0 Å². The van der Waals surface area contributed by atoms with E-state index < -0.39 is 0 Å². The number of thiophene rings is 1. The molecular formula is C12H14BrN3OS. The number of carbonyl (C=O) groups excluding carboxylic acids is 1. The first-order chi connectivity index (χ1) is 8.43. The number of hydrogen-bond acceptors (Lipinski definition) is 5. The van der Waals surface area contributed by atoms with Gasteiger partial charge in [-0.3, -0.25) is 9.69 Å². The maximum Gasteiger partial charge on any atom is 0.189 e. The third-order valence-corrected chi connectivity index (χ3v) is 3.83. The van der Waals surface area contributed by atoms with Gasteiger partial charge in [0.2, 0.25) is 0 Å². The molecular weight excluding hydrogens is 314 g/mol. The predicted molar refractivity (Wildman–Crippen MR) is 75.9 cm³/mol. The molecule has 6 heteroatoms. The zero-order valence-electron chi connectivity index (χ0n) is 10.2. The van der Waals surface area contributed by atoms with E-state index in [0.717, 1.165) is 9.35 Å². The van der Waals surface area contributed by atoms with Crippen LogP contribution in [0.1, 0.15) is 12.5 Å². The van der Waals surface area contributed by atoms with E-state index in [-0.39, 0.29) is 23.6 Å². The minimum Gasteiger partial charge on any atom is -0.401 e. The van der Waals surface area contributed by atoms with Crippen LogP contribution in [0.15, 0.2) is 26.5 Å². The van der Waals surface area contributed by atoms with E-state index in [4.69, 9.17) is 11.0 Å². The van der Waals surface area contributed by atoms with Crippen LogP contribution in [0.2, 0.25) is 0 Å². The highest BCUT2D eigenvalue weighted by molar-refractivity contribution is 9.11. The van der Waals surface area contributed by atoms with Gasteiger partial charge in [0.15, 0.2) is 5.78 Å². The number of nitriles is 1. The fraction of sp³-hybridized carbons (Fsp3) is 0.333. The zero-order chi connectivity index (χ0) is 13.7. The molecule has 0 amide bonds. The Balaban J connectivity index is 2.61. The molecule has 1 aromatic rings. The van der Waals surface area contributed by atoms with E-state index in [1.165, 1.54) is 0 Å². The van der Waals surface area contributed by atoms with E-state index in [0.29, 0.717) is 6.54 Å². The van der Waals surface area contributed by atoms with Crippen molar-refractivity contribution in [2.75, 3.05) is 13.6 Å². The van der Waals surface area contributed by atoms with Crippen LogP contribution in [0.25, 0.3) is 0 Å². The molecule has 0 aliphatic heterocycles. The maximum atomic E-state index is 11.8. The third kappa shape index (κ3) is 4.26. The number of Topliss-reactive ketones (excluding diaryl/α,β-unsaturated/α-hetero) is 1. The molecule has 4 nitrogen and oxygen atoms in total. The van der Waals surface area contributed by atoms with Gasteiger partial charge in [0.1, 0.15) is 11.6 Å². The summed E-state index contributed by atoms with van der Waals surface area (Å²) in [7, 11) is 1.84. The van der Waals surface area contributed by atoms with Crippen molar-refractivity contribution in [3.63, 3.8) is 0 Å². The fourth-order valence-electron chi connectivity index (χ4n) is 1.49. The minimum absolute atomic E-state index is 0.0494. The number of halogens is 1. The lowest BCUT2D eigenvalue weighted by Crippen LogP contribution is -2.27. The van der Waals surface area contributed by atoms with Crippen LogP contribution < -0.4 is 5.73 Å². The highest BCUT2D eigenvalue weighted by Crippen LogP contribution is 2.21. The van der Waals surface area contributed by atoms with E-state index >= 15 is 0 Å². The van der Waals surface area contributed by atoms with Crippen molar-refractivity contribution in [2.24, 2.45) is 5.73 Å². The second-order valence-electron chi connectivity index (χ2n) is 4.02. The van der Waals surface area contributed by atoms with E-state index in [2.05, 4.69) is 15.9 Å². The van der Waals surface area contributed by atoms with Crippen LogP contribution >= 0.6 is 27.3 Å². The first-order valence-corrected chi connectivity index (χ1v) is 6.92. The average molecular weight is 328 g/mol. The molecule has 0 bridgehead atoms. The van der Waals surface area contributed by atoms with Gasteiger partial charge in [-0.2, -0.15) is 5.26 Å². The van der Waals surface area contributed by atoms with Crippen molar-refractivity contribution in [3.8, 4) is 6.07 Å². The van der Waals surface area contributed by atoms with Crippen LogP contribution in [-0.2, 0) is 11.3 Å². The summed E-state index contributed by atoms with van der Waals surface area (Å²) in [5, 5.41) is 10.9. The number of likely N-dealkylation sites (N-methyl/N-ethyl adjacent to an activating group) is 1. The molecule has 1 aromatic heterocycles. The molecule has 1 heterocycles. The Morgan fingerprint density at radius 2 is 2.33 bits per heavy atom. The molecule has 18 heavy (non-hydrogen) atoms. The smallest absolute Gasteiger partial charge is 0.189 e. The normalized spacial score (nSPS) is 12.2. The second kappa shape index (κ2) is 6.69. The largest absolute Gasteiger partial charge is 0.401 e. The number of rotatable bonds is 5. The number of nitrogens with two attached hydrogens (primary N) is 1. The van der Waals surface area contributed by atoms with Crippen molar-refractivity contribution in [1.82, 2.24) is 4.90 Å². The van der Waals surface area contributed by atoms with Gasteiger partial charge < -0.3 is 5.73 Å². The van der Waals surface area contributed by atoms with Crippen LogP contribution in [0, 0.1) is 11.3 Å². The molecule has 0 fully saturated rings. The van der Waals surface area contributed by atoms with Crippen molar-refractivity contribution >= 4 is 33.0 Å². The lowest BCUT2D eigenvalue weighted by molar-refractivity contribution is -0.116. The van der Waals surface area contributed by atoms with E-state index in [9.17, 15) is 4.79 Å². The van der Waals surface area contributed by atoms with Gasteiger partial charge in [-0.1, -0.05) is 0 Å². The van der Waals surface area contributed by atoms with E-state index in [1.807, 2.05) is 29.5 Å². The lowest BCUT2D eigenvalue weighted by atomic mass is 10.1. The van der Waals surface area contributed by atoms with Crippen LogP contribution in [-0.4, -0.2) is 24.3 Å². The number of hydrogen-bond donors (Lipinski definition) is 1. The van der Waals surface area contributed by atoms with Crippen molar-refractivity contribution in [3.05, 3.63) is 32.1 Å². The maximum absolute atomic E-state index is 11.8. The summed E-state index contributed by atoms with van der Waals surface area (Å²) < 4.78 is 1.06. The molecule has 0 radical (unpaired) electrons. The van der Waals surface area contributed by atoms with Crippen LogP contribution in [0.3, 0.4) is 0 Å². The molecule has 2 N–H and O–H groups in total. The quantitative estimate of drug-likeness (QED) is 0.665. The van der Waals surface area contributed by atoms with Gasteiger partial charge in [0.25, 0.3) is 0 Å². The molecule has 0 atom stereocenters. The number of carbonyl (C=O) groups is 1. The standard InChI is InChI=1S/C12H14BrN3OS/c1-8(15)10(4-14)11(17)6-16(2)5-9-3-12(13)18-7-9/h3,7H,5-6,15H2,1-2H3. The zero-order valence-corrected chi connectivity index (χ0v) is 12.6. The van der Waals surface area contributed by atoms with Gasteiger partial charge in [0.05, 0.1) is 10.3 Å².